The molecule has 0 spiro atoms. The van der Waals surface area contributed by atoms with Gasteiger partial charge in [0.1, 0.15) is 11.6 Å². The second-order valence-electron chi connectivity index (χ2n) is 9.47. The van der Waals surface area contributed by atoms with E-state index in [-0.39, 0.29) is 0 Å². The first-order valence-electron chi connectivity index (χ1n) is 13.2. The van der Waals surface area contributed by atoms with Gasteiger partial charge in [0.25, 0.3) is 0 Å². The minimum Gasteiger partial charge on any atom is -0.493 e. The molecule has 8 heteroatoms. The zero-order valence-corrected chi connectivity index (χ0v) is 22.2. The number of nitrogens with one attached hydrogen (secondary N) is 2. The quantitative estimate of drug-likeness (QED) is 0.188. The van der Waals surface area contributed by atoms with E-state index < -0.39 is 0 Å². The van der Waals surface area contributed by atoms with Crippen LogP contribution in [0.3, 0.4) is 0 Å². The highest BCUT2D eigenvalue weighted by Crippen LogP contribution is 2.27. The van der Waals surface area contributed by atoms with Crippen LogP contribution in [-0.2, 0) is 6.54 Å². The number of anilines is 2. The largest absolute Gasteiger partial charge is 0.493 e. The minimum atomic E-state index is 0.493. The number of aromatic amines is 1. The summed E-state index contributed by atoms with van der Waals surface area (Å²) in [6.45, 7) is 3.47. The fourth-order valence-corrected chi connectivity index (χ4v) is 4.47. The number of hydrogen-bond donors (Lipinski definition) is 2. The molecule has 6 aromatic rings. The first-order valence-corrected chi connectivity index (χ1v) is 13.2. The lowest BCUT2D eigenvalue weighted by atomic mass is 10.0. The molecule has 0 aliphatic heterocycles. The predicted molar refractivity (Wildman–Crippen MR) is 157 cm³/mol. The first-order chi connectivity index (χ1) is 19.7. The Labute approximate surface area is 232 Å². The number of imidazole rings is 2. The molecule has 0 unspecified atom stereocenters. The molecule has 0 fully saturated rings. The average molecular weight is 528 g/mol. The van der Waals surface area contributed by atoms with Crippen molar-refractivity contribution in [2.24, 2.45) is 0 Å². The van der Waals surface area contributed by atoms with Gasteiger partial charge in [-0.25, -0.2) is 19.9 Å². The molecule has 0 radical (unpaired) electrons. The van der Waals surface area contributed by atoms with Crippen LogP contribution in [0.4, 0.5) is 11.6 Å². The Kier molecular flexibility index (Phi) is 7.30. The van der Waals surface area contributed by atoms with Crippen LogP contribution in [-0.4, -0.2) is 36.1 Å². The molecule has 0 aliphatic carbocycles. The van der Waals surface area contributed by atoms with Crippen molar-refractivity contribution < 1.29 is 4.74 Å². The van der Waals surface area contributed by atoms with Crippen LogP contribution in [0.25, 0.3) is 33.9 Å². The molecule has 3 heterocycles. The lowest BCUT2D eigenvalue weighted by molar-refractivity contribution is 0.302. The summed E-state index contributed by atoms with van der Waals surface area (Å²) in [5.74, 6) is 2.07. The summed E-state index contributed by atoms with van der Waals surface area (Å²) >= 11 is 0. The molecule has 0 atom stereocenters. The summed E-state index contributed by atoms with van der Waals surface area (Å²) in [6, 6.07) is 28.3. The number of nitrogens with zero attached hydrogens (tertiary/aromatic N) is 5. The van der Waals surface area contributed by atoms with Crippen molar-refractivity contribution in [3.05, 3.63) is 116 Å². The third-order valence-corrected chi connectivity index (χ3v) is 6.43. The van der Waals surface area contributed by atoms with E-state index >= 15 is 0 Å². The monoisotopic (exact) mass is 527 g/mol. The number of rotatable bonds is 10. The van der Waals surface area contributed by atoms with E-state index in [0.29, 0.717) is 12.6 Å². The third-order valence-electron chi connectivity index (χ3n) is 6.43. The molecule has 0 aliphatic rings. The SMILES string of the molecule is Cc1cn(CCCOc2cccc(Nc3nccc(-c4cnc(-c5cccc(-c6ccccc6)c5)[nH]4)n3)c2)cn1. The summed E-state index contributed by atoms with van der Waals surface area (Å²) in [5.41, 5.74) is 6.76. The van der Waals surface area contributed by atoms with Crippen molar-refractivity contribution in [3.63, 3.8) is 0 Å². The van der Waals surface area contributed by atoms with E-state index in [1.807, 2.05) is 74.0 Å². The van der Waals surface area contributed by atoms with Crippen LogP contribution in [0.2, 0.25) is 0 Å². The van der Waals surface area contributed by atoms with Gasteiger partial charge in [0.05, 0.1) is 36.2 Å². The van der Waals surface area contributed by atoms with Gasteiger partial charge in [-0.2, -0.15) is 0 Å². The smallest absolute Gasteiger partial charge is 0.227 e. The van der Waals surface area contributed by atoms with Gasteiger partial charge in [-0.05, 0) is 48.7 Å². The van der Waals surface area contributed by atoms with Crippen molar-refractivity contribution in [1.29, 1.82) is 0 Å². The molecule has 6 rings (SSSR count). The third kappa shape index (κ3) is 6.07. The highest BCUT2D eigenvalue weighted by Gasteiger charge is 2.10. The molecular weight excluding hydrogens is 498 g/mol. The standard InChI is InChI=1S/C32H29N7O/c1-23-21-39(22-35-23)16-7-17-40-28-13-6-12-27(19-28)36-32-33-15-14-29(38-32)30-20-34-31(37-30)26-11-5-10-25(18-26)24-8-3-2-4-9-24/h2-6,8-15,18-22H,7,16-17H2,1H3,(H,34,37)(H,33,36,38). The van der Waals surface area contributed by atoms with Crippen molar-refractivity contribution in [2.45, 2.75) is 19.9 Å². The summed E-state index contributed by atoms with van der Waals surface area (Å²) in [4.78, 5) is 21.4. The Hall–Kier alpha value is -5.24. The molecule has 40 heavy (non-hydrogen) atoms. The van der Waals surface area contributed by atoms with Crippen LogP contribution in [0.5, 0.6) is 5.75 Å². The van der Waals surface area contributed by atoms with Crippen molar-refractivity contribution >= 4 is 11.6 Å². The van der Waals surface area contributed by atoms with Crippen LogP contribution < -0.4 is 10.1 Å². The Balaban J connectivity index is 1.11. The van der Waals surface area contributed by atoms with Gasteiger partial charge >= 0.3 is 0 Å². The molecule has 2 N–H and O–H groups in total. The predicted octanol–water partition coefficient (Wildman–Crippen LogP) is 6.92. The fourth-order valence-electron chi connectivity index (χ4n) is 4.47. The molecule has 0 saturated carbocycles. The van der Waals surface area contributed by atoms with Gasteiger partial charge in [-0.3, -0.25) is 0 Å². The Morgan fingerprint density at radius 1 is 0.850 bits per heavy atom. The lowest BCUT2D eigenvalue weighted by Crippen LogP contribution is -2.03. The lowest BCUT2D eigenvalue weighted by Gasteiger charge is -2.10. The zero-order valence-electron chi connectivity index (χ0n) is 22.2. The van der Waals surface area contributed by atoms with E-state index in [9.17, 15) is 0 Å². The van der Waals surface area contributed by atoms with E-state index in [1.54, 1.807) is 12.4 Å². The molecule has 3 aromatic carbocycles. The van der Waals surface area contributed by atoms with Crippen molar-refractivity contribution in [1.82, 2.24) is 29.5 Å². The van der Waals surface area contributed by atoms with E-state index in [1.165, 1.54) is 5.56 Å². The average Bonchev–Trinajstić information content (AvgIpc) is 3.66. The van der Waals surface area contributed by atoms with Gasteiger partial charge in [0.15, 0.2) is 0 Å². The minimum absolute atomic E-state index is 0.493. The van der Waals surface area contributed by atoms with Gasteiger partial charge in [0, 0.05) is 36.3 Å². The first kappa shape index (κ1) is 25.1. The van der Waals surface area contributed by atoms with Crippen molar-refractivity contribution in [3.8, 4) is 39.7 Å². The van der Waals surface area contributed by atoms with Gasteiger partial charge < -0.3 is 19.6 Å². The second-order valence-corrected chi connectivity index (χ2v) is 9.47. The number of H-pyrrole nitrogens is 1. The Bertz CT molecular complexity index is 1710. The number of aryl methyl sites for hydroxylation is 2. The maximum atomic E-state index is 5.96. The molecular formula is C32H29N7O. The van der Waals surface area contributed by atoms with Crippen LogP contribution in [0.1, 0.15) is 12.1 Å². The summed E-state index contributed by atoms with van der Waals surface area (Å²) in [7, 11) is 0. The Morgan fingerprint density at radius 2 is 1.70 bits per heavy atom. The molecule has 0 saturated heterocycles. The Morgan fingerprint density at radius 3 is 2.58 bits per heavy atom. The van der Waals surface area contributed by atoms with E-state index in [4.69, 9.17) is 9.72 Å². The van der Waals surface area contributed by atoms with Gasteiger partial charge in [-0.15, -0.1) is 0 Å². The van der Waals surface area contributed by atoms with E-state index in [2.05, 4.69) is 60.2 Å². The number of aromatic nitrogens is 6. The molecule has 0 amide bonds. The number of hydrogen-bond acceptors (Lipinski definition) is 6. The maximum absolute atomic E-state index is 5.96. The summed E-state index contributed by atoms with van der Waals surface area (Å²) < 4.78 is 8.03. The molecule has 198 valence electrons. The number of benzene rings is 3. The van der Waals surface area contributed by atoms with Crippen molar-refractivity contribution in [2.75, 3.05) is 11.9 Å². The van der Waals surface area contributed by atoms with E-state index in [0.717, 1.165) is 58.4 Å². The second kappa shape index (κ2) is 11.7. The van der Waals surface area contributed by atoms with Crippen LogP contribution in [0, 0.1) is 6.92 Å². The highest BCUT2D eigenvalue weighted by atomic mass is 16.5. The summed E-state index contributed by atoms with van der Waals surface area (Å²) in [6.07, 6.45) is 8.31. The normalized spacial score (nSPS) is 10.9. The number of ether oxygens (including phenoxy) is 1. The van der Waals surface area contributed by atoms with Gasteiger partial charge in [-0.1, -0.05) is 54.6 Å². The molecule has 0 bridgehead atoms. The zero-order chi connectivity index (χ0) is 27.1. The molecule has 8 nitrogen and oxygen atoms in total. The van der Waals surface area contributed by atoms with Gasteiger partial charge in [0.2, 0.25) is 5.95 Å². The van der Waals surface area contributed by atoms with Crippen LogP contribution >= 0.6 is 0 Å². The maximum Gasteiger partial charge on any atom is 0.227 e. The summed E-state index contributed by atoms with van der Waals surface area (Å²) in [5, 5.41) is 3.29. The van der Waals surface area contributed by atoms with Crippen LogP contribution in [0.15, 0.2) is 110 Å². The topological polar surface area (TPSA) is 93.5 Å². The fraction of sp³-hybridized carbons (Fsp3) is 0.125. The highest BCUT2D eigenvalue weighted by molar-refractivity contribution is 5.71. The molecule has 3 aromatic heterocycles.